The van der Waals surface area contributed by atoms with Crippen molar-refractivity contribution in [1.29, 1.82) is 0 Å². The Balaban J connectivity index is 1.53. The summed E-state index contributed by atoms with van der Waals surface area (Å²) in [5.74, 6) is 5.80. The third-order valence-corrected chi connectivity index (χ3v) is 6.42. The van der Waals surface area contributed by atoms with Crippen molar-refractivity contribution < 1.29 is 20.1 Å². The van der Waals surface area contributed by atoms with E-state index in [1.54, 1.807) is 12.1 Å². The van der Waals surface area contributed by atoms with Crippen LogP contribution in [0.3, 0.4) is 0 Å². The van der Waals surface area contributed by atoms with Gasteiger partial charge < -0.3 is 25.5 Å². The molecule has 10 nitrogen and oxygen atoms in total. The van der Waals surface area contributed by atoms with Crippen LogP contribution in [0.5, 0.6) is 0 Å². The van der Waals surface area contributed by atoms with Crippen LogP contribution in [0.2, 0.25) is 10.0 Å². The molecule has 3 aromatic rings. The molecule has 1 aliphatic heterocycles. The maximum atomic E-state index is 11.2. The van der Waals surface area contributed by atoms with Gasteiger partial charge in [0.05, 0.1) is 21.6 Å². The van der Waals surface area contributed by atoms with Gasteiger partial charge in [-0.25, -0.2) is 20.5 Å². The number of aromatic nitrogens is 4. The molecule has 3 heterocycles. The highest BCUT2D eigenvalue weighted by Crippen LogP contribution is 2.65. The summed E-state index contributed by atoms with van der Waals surface area (Å²) in [5.41, 5.74) is 0.260. The van der Waals surface area contributed by atoms with E-state index in [2.05, 4.69) is 20.5 Å². The van der Waals surface area contributed by atoms with Gasteiger partial charge in [-0.1, -0.05) is 29.3 Å². The minimum absolute atomic E-state index is 0.0660. The van der Waals surface area contributed by atoms with Crippen LogP contribution in [-0.2, 0) is 10.3 Å². The van der Waals surface area contributed by atoms with Gasteiger partial charge in [0.25, 0.3) is 0 Å². The first kappa shape index (κ1) is 18.9. The molecule has 1 aliphatic carbocycles. The Bertz CT molecular complexity index is 1130. The highest BCUT2D eigenvalue weighted by Gasteiger charge is 2.78. The fourth-order valence-electron chi connectivity index (χ4n) is 4.07. The van der Waals surface area contributed by atoms with Crippen LogP contribution in [0.4, 0.5) is 5.82 Å². The minimum Gasteiger partial charge on any atom is -0.387 e. The summed E-state index contributed by atoms with van der Waals surface area (Å²) in [6, 6.07) is 4.68. The van der Waals surface area contributed by atoms with Crippen molar-refractivity contribution in [1.82, 2.24) is 19.7 Å². The summed E-state index contributed by atoms with van der Waals surface area (Å²) < 4.78 is 7.34. The predicted octanol–water partition coefficient (Wildman–Crippen LogP) is 0.700. The molecule has 0 radical (unpaired) electrons. The molecule has 5 rings (SSSR count). The molecule has 152 valence electrons. The first-order valence-corrected chi connectivity index (χ1v) is 9.45. The fourth-order valence-corrected chi connectivity index (χ4v) is 4.37. The third-order valence-electron chi connectivity index (χ3n) is 5.68. The largest absolute Gasteiger partial charge is 0.387 e. The summed E-state index contributed by atoms with van der Waals surface area (Å²) in [6.07, 6.45) is -1.00. The van der Waals surface area contributed by atoms with E-state index in [9.17, 15) is 15.3 Å². The Morgan fingerprint density at radius 2 is 2.03 bits per heavy atom. The number of nitrogens with two attached hydrogens (primary N) is 1. The zero-order valence-electron chi connectivity index (χ0n) is 14.7. The molecule has 1 spiro atoms. The van der Waals surface area contributed by atoms with Crippen molar-refractivity contribution in [3.05, 3.63) is 46.3 Å². The Hall–Kier alpha value is -2.05. The smallest absolute Gasteiger partial charge is 0.181 e. The molecule has 1 saturated carbocycles. The van der Waals surface area contributed by atoms with E-state index < -0.39 is 29.6 Å². The second-order valence-corrected chi connectivity index (χ2v) is 8.01. The van der Waals surface area contributed by atoms with E-state index in [-0.39, 0.29) is 11.4 Å². The van der Waals surface area contributed by atoms with Gasteiger partial charge in [0.15, 0.2) is 17.7 Å². The monoisotopic (exact) mass is 438 g/mol. The van der Waals surface area contributed by atoms with E-state index in [0.29, 0.717) is 27.4 Å². The van der Waals surface area contributed by atoms with Gasteiger partial charge in [0.2, 0.25) is 0 Å². The summed E-state index contributed by atoms with van der Waals surface area (Å²) in [6.45, 7) is 0. The zero-order chi connectivity index (χ0) is 20.6. The summed E-state index contributed by atoms with van der Waals surface area (Å²) in [7, 11) is 0. The summed E-state index contributed by atoms with van der Waals surface area (Å²) in [4.78, 5) is 8.17. The van der Waals surface area contributed by atoms with E-state index in [4.69, 9.17) is 33.8 Å². The van der Waals surface area contributed by atoms with Gasteiger partial charge in [-0.15, -0.1) is 0 Å². The Labute approximate surface area is 173 Å². The van der Waals surface area contributed by atoms with Crippen molar-refractivity contribution in [2.24, 2.45) is 5.84 Å². The molecule has 12 heteroatoms. The van der Waals surface area contributed by atoms with Crippen molar-refractivity contribution in [2.45, 2.75) is 36.1 Å². The van der Waals surface area contributed by atoms with Crippen LogP contribution in [0.15, 0.2) is 30.7 Å². The molecule has 0 bridgehead atoms. The minimum atomic E-state index is -1.54. The Morgan fingerprint density at radius 1 is 1.24 bits per heavy atom. The first-order chi connectivity index (χ1) is 13.8. The SMILES string of the molecule is NNc1ncnc2c1cnn2[C@@H]1O[C@@]2(C[C@@]2(O)c2ccc(Cl)c(Cl)c2)[C@@H](O)[C@H]1O. The van der Waals surface area contributed by atoms with Crippen LogP contribution in [0.25, 0.3) is 11.0 Å². The number of hydrogen-bond donors (Lipinski definition) is 5. The van der Waals surface area contributed by atoms with Crippen LogP contribution in [-0.4, -0.2) is 52.9 Å². The second kappa shape index (κ2) is 6.22. The topological polar surface area (TPSA) is 152 Å². The van der Waals surface area contributed by atoms with Crippen LogP contribution < -0.4 is 11.3 Å². The number of anilines is 1. The number of nitrogen functional groups attached to an aromatic ring is 1. The number of nitrogens with zero attached hydrogens (tertiary/aromatic N) is 4. The average molecular weight is 439 g/mol. The van der Waals surface area contributed by atoms with Crippen molar-refractivity contribution >= 4 is 40.1 Å². The van der Waals surface area contributed by atoms with Crippen LogP contribution in [0.1, 0.15) is 18.2 Å². The molecule has 1 aromatic carbocycles. The lowest BCUT2D eigenvalue weighted by atomic mass is 9.99. The van der Waals surface area contributed by atoms with Crippen LogP contribution in [0, 0.1) is 0 Å². The summed E-state index contributed by atoms with van der Waals surface area (Å²) in [5, 5.41) is 38.0. The quantitative estimate of drug-likeness (QED) is 0.293. The lowest BCUT2D eigenvalue weighted by Gasteiger charge is -2.20. The Morgan fingerprint density at radius 3 is 2.76 bits per heavy atom. The molecule has 5 atom stereocenters. The number of fused-ring (bicyclic) bond motifs is 1. The van der Waals surface area contributed by atoms with E-state index in [1.165, 1.54) is 23.3 Å². The van der Waals surface area contributed by atoms with Crippen molar-refractivity contribution in [2.75, 3.05) is 5.43 Å². The van der Waals surface area contributed by atoms with E-state index >= 15 is 0 Å². The van der Waals surface area contributed by atoms with Gasteiger partial charge in [0, 0.05) is 6.42 Å². The highest BCUT2D eigenvalue weighted by molar-refractivity contribution is 6.42. The maximum absolute atomic E-state index is 11.2. The third kappa shape index (κ3) is 2.45. The number of aliphatic hydroxyl groups excluding tert-OH is 2. The first-order valence-electron chi connectivity index (χ1n) is 8.69. The van der Waals surface area contributed by atoms with E-state index in [0.717, 1.165) is 0 Å². The molecule has 1 saturated heterocycles. The number of rotatable bonds is 3. The lowest BCUT2D eigenvalue weighted by Crippen LogP contribution is -2.38. The van der Waals surface area contributed by atoms with Gasteiger partial charge >= 0.3 is 0 Å². The molecular formula is C17H16Cl2N6O4. The number of hydrogen-bond acceptors (Lipinski definition) is 9. The molecule has 2 aliphatic rings. The number of hydrazine groups is 1. The van der Waals surface area contributed by atoms with Gasteiger partial charge in [-0.2, -0.15) is 5.10 Å². The number of ether oxygens (including phenoxy) is 1. The molecule has 6 N–H and O–H groups in total. The number of aliphatic hydroxyl groups is 3. The predicted molar refractivity (Wildman–Crippen MR) is 103 cm³/mol. The molecule has 2 fully saturated rings. The highest BCUT2D eigenvalue weighted by atomic mass is 35.5. The number of benzene rings is 1. The molecule has 2 aromatic heterocycles. The summed E-state index contributed by atoms with van der Waals surface area (Å²) >= 11 is 12.0. The molecule has 0 amide bonds. The van der Waals surface area contributed by atoms with Crippen molar-refractivity contribution in [3.8, 4) is 0 Å². The molecular weight excluding hydrogens is 423 g/mol. The van der Waals surface area contributed by atoms with Gasteiger partial charge in [-0.3, -0.25) is 0 Å². The number of nitrogens with one attached hydrogen (secondary N) is 1. The normalized spacial score (nSPS) is 33.5. The van der Waals surface area contributed by atoms with E-state index in [1.807, 2.05) is 0 Å². The van der Waals surface area contributed by atoms with Gasteiger partial charge in [-0.05, 0) is 17.7 Å². The maximum Gasteiger partial charge on any atom is 0.181 e. The second-order valence-electron chi connectivity index (χ2n) is 7.19. The van der Waals surface area contributed by atoms with Crippen LogP contribution >= 0.6 is 23.2 Å². The standard InChI is InChI=1S/C17H16Cl2N6O4/c18-9-2-1-7(3-10(9)19)16(28)5-17(16)12(27)11(26)15(29-17)25-14-8(4-23-25)13(24-20)21-6-22-14/h1-4,6,11-12,15,26-28H,5,20H2,(H,21,22,24)/t11-,12+,15-,16-,17+/m1/s1. The lowest BCUT2D eigenvalue weighted by molar-refractivity contribution is -0.0927. The average Bonchev–Trinajstić information content (AvgIpc) is 2.99. The molecule has 0 unspecified atom stereocenters. The number of halogens is 2. The molecule has 29 heavy (non-hydrogen) atoms. The Kier molecular flexibility index (Phi) is 4.07. The fraction of sp³-hybridized carbons (Fsp3) is 0.353. The van der Waals surface area contributed by atoms with Gasteiger partial charge in [0.1, 0.15) is 29.7 Å². The van der Waals surface area contributed by atoms with Crippen molar-refractivity contribution in [3.63, 3.8) is 0 Å². The zero-order valence-corrected chi connectivity index (χ0v) is 16.2.